The molecule has 11 heteroatoms. The molecular formula is C34H63N5O5Si. The first kappa shape index (κ1) is 37.7. The molecular weight excluding hydrogens is 586 g/mol. The van der Waals surface area contributed by atoms with Gasteiger partial charge in [0.15, 0.2) is 8.32 Å². The maximum atomic E-state index is 11.8. The van der Waals surface area contributed by atoms with Crippen molar-refractivity contribution in [3.8, 4) is 0 Å². The normalized spacial score (nSPS) is 35.3. The molecule has 0 bridgehead atoms. The molecule has 3 rings (SSSR count). The number of aliphatic imine (C=N–C) groups is 2. The Morgan fingerprint density at radius 3 is 1.64 bits per heavy atom. The summed E-state index contributed by atoms with van der Waals surface area (Å²) < 4.78 is 6.22. The van der Waals surface area contributed by atoms with Gasteiger partial charge in [-0.15, -0.1) is 0 Å². The molecule has 1 N–H and O–H groups in total. The van der Waals surface area contributed by atoms with E-state index in [1.54, 1.807) is 0 Å². The minimum atomic E-state index is -1.61. The Kier molecular flexibility index (Phi) is 14.6. The van der Waals surface area contributed by atoms with Crippen molar-refractivity contribution in [2.24, 2.45) is 33.7 Å². The smallest absolute Gasteiger partial charge is 0.213 e. The van der Waals surface area contributed by atoms with Crippen molar-refractivity contribution < 1.29 is 14.3 Å². The molecule has 0 aromatic heterocycles. The van der Waals surface area contributed by atoms with Gasteiger partial charge in [-0.1, -0.05) is 53.4 Å². The van der Waals surface area contributed by atoms with Gasteiger partial charge < -0.3 is 9.74 Å². The third-order valence-corrected chi connectivity index (χ3v) is 12.1. The Bertz CT molecular complexity index is 1000. The van der Waals surface area contributed by atoms with Gasteiger partial charge in [-0.25, -0.2) is 0 Å². The van der Waals surface area contributed by atoms with E-state index in [0.29, 0.717) is 25.7 Å². The zero-order valence-electron chi connectivity index (χ0n) is 29.5. The van der Waals surface area contributed by atoms with Crippen molar-refractivity contribution in [3.63, 3.8) is 0 Å². The van der Waals surface area contributed by atoms with Gasteiger partial charge in [-0.05, 0) is 82.3 Å². The van der Waals surface area contributed by atoms with Crippen molar-refractivity contribution in [1.29, 1.82) is 0 Å². The van der Waals surface area contributed by atoms with Crippen LogP contribution < -0.4 is 5.32 Å². The summed E-state index contributed by atoms with van der Waals surface area (Å²) in [6.45, 7) is 18.2. The molecule has 0 aromatic carbocycles. The monoisotopic (exact) mass is 649 g/mol. The first-order valence-electron chi connectivity index (χ1n) is 18.1. The van der Waals surface area contributed by atoms with E-state index < -0.39 is 20.4 Å². The van der Waals surface area contributed by atoms with E-state index in [1.807, 2.05) is 0 Å². The van der Waals surface area contributed by atoms with Crippen LogP contribution in [-0.4, -0.2) is 72.4 Å². The Hall–Kier alpha value is -1.72. The quantitative estimate of drug-likeness (QED) is 0.0634. The molecule has 0 radical (unpaired) electrons. The molecule has 6 atom stereocenters. The average Bonchev–Trinajstić information content (AvgIpc) is 3.01. The standard InChI is InChI=1S/C34H63N5O5Si/c1-9-24-19-28(38(40)41)20-25(10-2)33(24)35-23(5)30-15-13-16-31(36-30)32(17-14-18-44-45(6,7)8)37-34-26(11-3)21-29(39(42)43)22-27(34)12-4/h24-31,33-34,36H,9-22H2,1-8H3. The molecule has 6 unspecified atom stereocenters. The summed E-state index contributed by atoms with van der Waals surface area (Å²) in [4.78, 5) is 34.2. The van der Waals surface area contributed by atoms with Crippen molar-refractivity contribution in [2.45, 2.75) is 174 Å². The molecule has 0 spiro atoms. The second kappa shape index (κ2) is 17.4. The van der Waals surface area contributed by atoms with Gasteiger partial charge in [-0.3, -0.25) is 30.2 Å². The van der Waals surface area contributed by atoms with Gasteiger partial charge in [0.1, 0.15) is 0 Å². The summed E-state index contributed by atoms with van der Waals surface area (Å²) in [5.74, 6) is 0.925. The molecule has 10 nitrogen and oxygen atoms in total. The lowest BCUT2D eigenvalue weighted by atomic mass is 9.72. The maximum Gasteiger partial charge on any atom is 0.213 e. The highest BCUT2D eigenvalue weighted by molar-refractivity contribution is 6.69. The summed E-state index contributed by atoms with van der Waals surface area (Å²) in [6.07, 6.45) is 11.0. The zero-order chi connectivity index (χ0) is 33.3. The number of piperidine rings is 1. The summed E-state index contributed by atoms with van der Waals surface area (Å²) in [5, 5.41) is 27.4. The van der Waals surface area contributed by atoms with E-state index in [9.17, 15) is 20.2 Å². The SMILES string of the molecule is CCC1CC([N+](=O)[O-])CC(CC)C1N=C(C)C1CCCC(C(CCCO[Si](C)(C)C)=NC2C(CC)CC([N+](=O)[O-])CC2CC)N1. The van der Waals surface area contributed by atoms with Crippen LogP contribution in [0.4, 0.5) is 0 Å². The third-order valence-electron chi connectivity index (χ3n) is 11.0. The summed E-state index contributed by atoms with van der Waals surface area (Å²) in [5.41, 5.74) is 2.32. The highest BCUT2D eigenvalue weighted by Crippen LogP contribution is 2.39. The maximum absolute atomic E-state index is 11.8. The number of nitrogens with one attached hydrogen (secondary N) is 1. The fourth-order valence-electron chi connectivity index (χ4n) is 8.32. The topological polar surface area (TPSA) is 132 Å². The Morgan fingerprint density at radius 2 is 1.22 bits per heavy atom. The van der Waals surface area contributed by atoms with Crippen LogP contribution in [-0.2, 0) is 4.43 Å². The average molecular weight is 650 g/mol. The van der Waals surface area contributed by atoms with Crippen LogP contribution in [0.15, 0.2) is 9.98 Å². The minimum Gasteiger partial charge on any atom is -0.418 e. The van der Waals surface area contributed by atoms with Gasteiger partial charge in [0.25, 0.3) is 0 Å². The van der Waals surface area contributed by atoms with Crippen molar-refractivity contribution in [3.05, 3.63) is 20.2 Å². The zero-order valence-corrected chi connectivity index (χ0v) is 30.5. The van der Waals surface area contributed by atoms with E-state index in [1.165, 1.54) is 5.71 Å². The first-order chi connectivity index (χ1) is 21.3. The van der Waals surface area contributed by atoms with E-state index in [2.05, 4.69) is 59.6 Å². The largest absolute Gasteiger partial charge is 0.418 e. The highest BCUT2D eigenvalue weighted by atomic mass is 28.4. The van der Waals surface area contributed by atoms with Crippen molar-refractivity contribution >= 4 is 19.7 Å². The number of rotatable bonds is 15. The molecule has 258 valence electrons. The lowest BCUT2D eigenvalue weighted by molar-refractivity contribution is -0.530. The Balaban J connectivity index is 1.85. The van der Waals surface area contributed by atoms with Crippen LogP contribution in [0.5, 0.6) is 0 Å². The first-order valence-corrected chi connectivity index (χ1v) is 21.5. The van der Waals surface area contributed by atoms with Gasteiger partial charge in [-0.2, -0.15) is 0 Å². The van der Waals surface area contributed by atoms with Crippen LogP contribution in [0.1, 0.15) is 118 Å². The molecule has 2 saturated carbocycles. The van der Waals surface area contributed by atoms with Crippen molar-refractivity contribution in [2.75, 3.05) is 6.61 Å². The van der Waals surface area contributed by atoms with Gasteiger partial charge in [0.05, 0.1) is 12.1 Å². The Labute approximate surface area is 273 Å². The molecule has 3 aliphatic rings. The van der Waals surface area contributed by atoms with Crippen LogP contribution in [0.3, 0.4) is 0 Å². The van der Waals surface area contributed by atoms with E-state index in [4.69, 9.17) is 14.4 Å². The van der Waals surface area contributed by atoms with Gasteiger partial charge in [0, 0.05) is 65.6 Å². The molecule has 1 aliphatic heterocycles. The minimum absolute atomic E-state index is 0.0641. The number of nitrogens with zero attached hydrogens (tertiary/aromatic N) is 4. The number of hydrogen-bond donors (Lipinski definition) is 1. The molecule has 2 aliphatic carbocycles. The summed E-state index contributed by atoms with van der Waals surface area (Å²) in [7, 11) is -1.61. The lowest BCUT2D eigenvalue weighted by Gasteiger charge is -2.39. The fourth-order valence-corrected chi connectivity index (χ4v) is 9.08. The molecule has 0 aromatic rings. The predicted octanol–water partition coefficient (Wildman–Crippen LogP) is 7.75. The molecule has 45 heavy (non-hydrogen) atoms. The van der Waals surface area contributed by atoms with E-state index >= 15 is 0 Å². The van der Waals surface area contributed by atoms with E-state index in [-0.39, 0.29) is 57.7 Å². The fraction of sp³-hybridized carbons (Fsp3) is 0.941. The highest BCUT2D eigenvalue weighted by Gasteiger charge is 2.43. The van der Waals surface area contributed by atoms with Crippen LogP contribution in [0, 0.1) is 43.9 Å². The van der Waals surface area contributed by atoms with Gasteiger partial charge >= 0.3 is 0 Å². The van der Waals surface area contributed by atoms with Crippen molar-refractivity contribution in [1.82, 2.24) is 5.32 Å². The van der Waals surface area contributed by atoms with Gasteiger partial charge in [0.2, 0.25) is 12.1 Å². The Morgan fingerprint density at radius 1 is 0.778 bits per heavy atom. The molecule has 3 fully saturated rings. The summed E-state index contributed by atoms with van der Waals surface area (Å²) in [6, 6.07) is -0.351. The molecule has 1 heterocycles. The lowest BCUT2D eigenvalue weighted by Crippen LogP contribution is -2.51. The summed E-state index contributed by atoms with van der Waals surface area (Å²) >= 11 is 0. The van der Waals surface area contributed by atoms with Crippen LogP contribution in [0.25, 0.3) is 0 Å². The van der Waals surface area contributed by atoms with Crippen LogP contribution >= 0.6 is 0 Å². The van der Waals surface area contributed by atoms with Crippen LogP contribution in [0.2, 0.25) is 19.6 Å². The second-order valence-corrected chi connectivity index (χ2v) is 19.6. The molecule has 1 saturated heterocycles. The third kappa shape index (κ3) is 10.6. The number of nitro groups is 2. The number of hydrogen-bond acceptors (Lipinski definition) is 8. The predicted molar refractivity (Wildman–Crippen MR) is 186 cm³/mol. The molecule has 0 amide bonds. The van der Waals surface area contributed by atoms with E-state index in [0.717, 1.165) is 70.1 Å². The second-order valence-electron chi connectivity index (χ2n) is 15.1.